The highest BCUT2D eigenvalue weighted by atomic mass is 19.4. The Morgan fingerprint density at radius 2 is 0.955 bits per heavy atom. The first-order valence-electron chi connectivity index (χ1n) is 16.7. The highest BCUT2D eigenvalue weighted by Gasteiger charge is 2.64. The van der Waals surface area contributed by atoms with E-state index >= 15 is 0 Å². The van der Waals surface area contributed by atoms with E-state index in [4.69, 9.17) is 9.47 Å². The minimum atomic E-state index is -4.59. The first kappa shape index (κ1) is 35.4. The molecule has 2 N–H and O–H groups in total. The average Bonchev–Trinajstić information content (AvgIpc) is 2.96. The predicted octanol–water partition coefficient (Wildman–Crippen LogP) is 9.12. The van der Waals surface area contributed by atoms with Gasteiger partial charge < -0.3 is 19.7 Å². The van der Waals surface area contributed by atoms with Gasteiger partial charge in [-0.15, -0.1) is 0 Å². The van der Waals surface area contributed by atoms with Crippen LogP contribution in [0.25, 0.3) is 0 Å². The predicted molar refractivity (Wildman–Crippen MR) is 156 cm³/mol. The van der Waals surface area contributed by atoms with E-state index in [9.17, 15) is 36.6 Å². The lowest BCUT2D eigenvalue weighted by Gasteiger charge is -2.58. The lowest BCUT2D eigenvalue weighted by Crippen LogP contribution is -2.62. The molecule has 0 bridgehead atoms. The Bertz CT molecular complexity index is 938. The van der Waals surface area contributed by atoms with Crippen molar-refractivity contribution in [3.05, 3.63) is 25.7 Å². The summed E-state index contributed by atoms with van der Waals surface area (Å²) in [5.74, 6) is -1.45. The largest absolute Gasteiger partial charge is 0.498 e. The third-order valence-electron chi connectivity index (χ3n) is 12.2. The van der Waals surface area contributed by atoms with Crippen LogP contribution in [0.3, 0.4) is 0 Å². The van der Waals surface area contributed by atoms with Crippen molar-refractivity contribution in [1.82, 2.24) is 0 Å². The number of halogens is 6. The molecule has 5 saturated carbocycles. The van der Waals surface area contributed by atoms with Gasteiger partial charge in [-0.2, -0.15) is 26.3 Å². The molecule has 10 unspecified atom stereocenters. The first-order valence-corrected chi connectivity index (χ1v) is 16.7. The maximum atomic E-state index is 13.7. The minimum Gasteiger partial charge on any atom is -0.498 e. The van der Waals surface area contributed by atoms with Gasteiger partial charge in [0.25, 0.3) is 0 Å². The van der Waals surface area contributed by atoms with Crippen LogP contribution in [-0.4, -0.2) is 46.0 Å². The zero-order valence-electron chi connectivity index (χ0n) is 26.2. The molecule has 0 spiro atoms. The van der Waals surface area contributed by atoms with E-state index in [-0.39, 0.29) is 47.7 Å². The van der Waals surface area contributed by atoms with Gasteiger partial charge in [0.1, 0.15) is 12.2 Å². The molecule has 0 aliphatic heterocycles. The number of ether oxygens (including phenoxy) is 2. The summed E-state index contributed by atoms with van der Waals surface area (Å²) in [6, 6.07) is 0. The Kier molecular flexibility index (Phi) is 11.1. The van der Waals surface area contributed by atoms with Gasteiger partial charge in [-0.1, -0.05) is 51.7 Å². The van der Waals surface area contributed by atoms with Gasteiger partial charge in [-0.05, 0) is 107 Å². The molecule has 254 valence electrons. The fourth-order valence-electron chi connectivity index (χ4n) is 10.2. The van der Waals surface area contributed by atoms with E-state index in [2.05, 4.69) is 13.2 Å². The van der Waals surface area contributed by atoms with Crippen LogP contribution in [0.5, 0.6) is 0 Å². The third-order valence-corrected chi connectivity index (χ3v) is 12.2. The van der Waals surface area contributed by atoms with E-state index in [0.717, 1.165) is 90.9 Å². The number of alkyl halides is 6. The van der Waals surface area contributed by atoms with Crippen LogP contribution >= 0.6 is 0 Å². The highest BCUT2D eigenvalue weighted by Crippen LogP contribution is 2.59. The van der Waals surface area contributed by atoms with Crippen molar-refractivity contribution >= 4 is 0 Å². The van der Waals surface area contributed by atoms with E-state index in [0.29, 0.717) is 12.8 Å². The Morgan fingerprint density at radius 1 is 0.545 bits per heavy atom. The summed E-state index contributed by atoms with van der Waals surface area (Å²) in [7, 11) is 0. The second-order valence-electron chi connectivity index (χ2n) is 14.4. The summed E-state index contributed by atoms with van der Waals surface area (Å²) >= 11 is 0. The summed E-state index contributed by atoms with van der Waals surface area (Å²) in [6.45, 7) is 9.17. The van der Waals surface area contributed by atoms with Crippen molar-refractivity contribution in [3.8, 4) is 0 Å². The van der Waals surface area contributed by atoms with E-state index < -0.39 is 35.4 Å². The normalized spacial score (nSPS) is 40.2. The average molecular weight is 639 g/mol. The lowest BCUT2D eigenvalue weighted by molar-refractivity contribution is -0.302. The number of hydrogen-bond donors (Lipinski definition) is 2. The van der Waals surface area contributed by atoms with Crippen LogP contribution in [0, 0.1) is 47.3 Å². The van der Waals surface area contributed by atoms with Crippen LogP contribution < -0.4 is 0 Å². The van der Waals surface area contributed by atoms with Crippen molar-refractivity contribution in [1.29, 1.82) is 0 Å². The maximum Gasteiger partial charge on any atom is 0.417 e. The molecule has 0 aromatic carbocycles. The molecule has 5 rings (SSSR count). The van der Waals surface area contributed by atoms with Gasteiger partial charge in [-0.3, -0.25) is 0 Å². The van der Waals surface area contributed by atoms with Crippen LogP contribution in [0.15, 0.2) is 25.7 Å². The quantitative estimate of drug-likeness (QED) is 0.225. The van der Waals surface area contributed by atoms with Gasteiger partial charge in [0.2, 0.25) is 0 Å². The van der Waals surface area contributed by atoms with Crippen molar-refractivity contribution in [2.75, 3.05) is 0 Å². The van der Waals surface area contributed by atoms with Crippen LogP contribution in [0.2, 0.25) is 0 Å². The molecule has 5 aliphatic carbocycles. The molecule has 0 amide bonds. The van der Waals surface area contributed by atoms with Gasteiger partial charge in [0, 0.05) is 5.92 Å². The topological polar surface area (TPSA) is 58.9 Å². The summed E-state index contributed by atoms with van der Waals surface area (Å²) in [5.41, 5.74) is -5.22. The molecule has 4 nitrogen and oxygen atoms in total. The zero-order valence-corrected chi connectivity index (χ0v) is 26.2. The minimum absolute atomic E-state index is 0.0293. The van der Waals surface area contributed by atoms with E-state index in [1.807, 2.05) is 0 Å². The smallest absolute Gasteiger partial charge is 0.417 e. The van der Waals surface area contributed by atoms with Crippen molar-refractivity contribution in [2.24, 2.45) is 47.3 Å². The SMILES string of the molecule is C=COC1C2CCCCC2C(C(C)(O)C(F)(F)F)C2CCCCC21.C=COC1CCC(C(C)(O)C(F)(F)F)C2CCCCC12. The summed E-state index contributed by atoms with van der Waals surface area (Å²) in [5, 5.41) is 20.6. The molecule has 0 radical (unpaired) electrons. The molecule has 5 aliphatic rings. The van der Waals surface area contributed by atoms with E-state index in [1.54, 1.807) is 0 Å². The van der Waals surface area contributed by atoms with Crippen LogP contribution in [0.4, 0.5) is 26.3 Å². The molecule has 0 aromatic heterocycles. The Labute approximate surface area is 258 Å². The number of hydrogen-bond acceptors (Lipinski definition) is 4. The Hall–Kier alpha value is -1.42. The van der Waals surface area contributed by atoms with Gasteiger partial charge in [-0.25, -0.2) is 0 Å². The van der Waals surface area contributed by atoms with Crippen LogP contribution in [-0.2, 0) is 9.47 Å². The molecular weight excluding hydrogens is 586 g/mol. The van der Waals surface area contributed by atoms with Crippen LogP contribution in [0.1, 0.15) is 104 Å². The third kappa shape index (κ3) is 6.82. The molecular formula is C34H52F6O4. The molecule has 10 atom stereocenters. The zero-order chi connectivity index (χ0) is 32.5. The maximum absolute atomic E-state index is 13.7. The first-order chi connectivity index (χ1) is 20.6. The van der Waals surface area contributed by atoms with Gasteiger partial charge >= 0.3 is 12.4 Å². The summed E-state index contributed by atoms with van der Waals surface area (Å²) in [6.07, 6.45) is 5.42. The van der Waals surface area contributed by atoms with Crippen molar-refractivity contribution in [2.45, 2.75) is 140 Å². The summed E-state index contributed by atoms with van der Waals surface area (Å²) < 4.78 is 91.8. The highest BCUT2D eigenvalue weighted by molar-refractivity contribution is 5.07. The molecule has 10 heteroatoms. The fourth-order valence-corrected chi connectivity index (χ4v) is 10.2. The molecule has 0 heterocycles. The summed E-state index contributed by atoms with van der Waals surface area (Å²) in [4.78, 5) is 0. The lowest BCUT2D eigenvalue weighted by atomic mass is 9.50. The standard InChI is InChI=1S/C19H29F3O2.C15H23F3O2/c1-3-24-17-14-10-6-4-8-12(14)16(18(2,23)19(20,21)22)13-9-5-7-11-15(13)17;1-3-20-13-9-8-12(14(2,19)15(16,17)18)10-6-4-5-7-11(10)13/h3,12-17,23H,1,4-11H2,2H3;3,10-13,19H,1,4-9H2,2H3. The molecule has 0 aromatic rings. The Balaban J connectivity index is 0.000000204. The number of rotatable bonds is 6. The van der Waals surface area contributed by atoms with Gasteiger partial charge in [0.05, 0.1) is 12.5 Å². The molecule has 5 fully saturated rings. The molecule has 0 saturated heterocycles. The van der Waals surface area contributed by atoms with Crippen molar-refractivity contribution in [3.63, 3.8) is 0 Å². The number of aliphatic hydroxyl groups is 2. The second-order valence-corrected chi connectivity index (χ2v) is 14.4. The van der Waals surface area contributed by atoms with Crippen molar-refractivity contribution < 1.29 is 46.0 Å². The van der Waals surface area contributed by atoms with Gasteiger partial charge in [0.15, 0.2) is 11.2 Å². The second kappa shape index (κ2) is 13.7. The monoisotopic (exact) mass is 638 g/mol. The Morgan fingerprint density at radius 3 is 1.39 bits per heavy atom. The van der Waals surface area contributed by atoms with E-state index in [1.165, 1.54) is 12.5 Å². The fraction of sp³-hybridized carbons (Fsp3) is 0.882. The molecule has 44 heavy (non-hydrogen) atoms. The number of fused-ring (bicyclic) bond motifs is 3.